The molecular weight excluding hydrogens is 360 g/mol. The molecule has 1 aromatic carbocycles. The highest BCUT2D eigenvalue weighted by Gasteiger charge is 2.39. The summed E-state index contributed by atoms with van der Waals surface area (Å²) in [4.78, 5) is 17.1. The van der Waals surface area contributed by atoms with E-state index < -0.39 is 5.54 Å². The van der Waals surface area contributed by atoms with Gasteiger partial charge < -0.3 is 11.1 Å². The third-order valence-electron chi connectivity index (χ3n) is 6.38. The Morgan fingerprint density at radius 1 is 1.14 bits per heavy atom. The molecule has 3 rings (SSSR count). The minimum atomic E-state index is -0.934. The van der Waals surface area contributed by atoms with Gasteiger partial charge in [-0.15, -0.1) is 0 Å². The fraction of sp³-hybridized carbons (Fsp3) is 0.500. The van der Waals surface area contributed by atoms with Gasteiger partial charge in [0.1, 0.15) is 5.54 Å². The van der Waals surface area contributed by atoms with E-state index in [9.17, 15) is 4.79 Å². The van der Waals surface area contributed by atoms with Crippen LogP contribution < -0.4 is 16.4 Å². The number of hydrogen-bond acceptors (Lipinski definition) is 4. The predicted molar refractivity (Wildman–Crippen MR) is 118 cm³/mol. The van der Waals surface area contributed by atoms with Gasteiger partial charge in [0.25, 0.3) is 0 Å². The van der Waals surface area contributed by atoms with Gasteiger partial charge in [-0.3, -0.25) is 15.1 Å². The lowest BCUT2D eigenvalue weighted by Gasteiger charge is -2.35. The van der Waals surface area contributed by atoms with Gasteiger partial charge in [0.05, 0.1) is 0 Å². The SMILES string of the molecule is Cc1cc(C)c(C(Cc2ccncc2)(NCCC2CCNCC2)C(N)=O)cc1C. The summed E-state index contributed by atoms with van der Waals surface area (Å²) in [5, 5.41) is 7.03. The van der Waals surface area contributed by atoms with Crippen LogP contribution in [0.5, 0.6) is 0 Å². The summed E-state index contributed by atoms with van der Waals surface area (Å²) in [7, 11) is 0. The number of nitrogens with one attached hydrogen (secondary N) is 2. The molecule has 1 aliphatic rings. The highest BCUT2D eigenvalue weighted by Crippen LogP contribution is 2.31. The first-order chi connectivity index (χ1) is 13.9. The second kappa shape index (κ2) is 9.51. The Labute approximate surface area is 174 Å². The Balaban J connectivity index is 1.94. The third kappa shape index (κ3) is 5.03. The van der Waals surface area contributed by atoms with Crippen molar-refractivity contribution < 1.29 is 4.79 Å². The number of carbonyl (C=O) groups excluding carboxylic acids is 1. The molecular formula is C24H34N4O. The van der Waals surface area contributed by atoms with Crippen LogP contribution in [0.25, 0.3) is 0 Å². The first-order valence-electron chi connectivity index (χ1n) is 10.7. The Morgan fingerprint density at radius 2 is 1.79 bits per heavy atom. The van der Waals surface area contributed by atoms with E-state index in [0.29, 0.717) is 12.3 Å². The molecule has 0 saturated carbocycles. The first-order valence-corrected chi connectivity index (χ1v) is 10.7. The summed E-state index contributed by atoms with van der Waals surface area (Å²) in [6.07, 6.45) is 7.49. The lowest BCUT2D eigenvalue weighted by atomic mass is 9.79. The van der Waals surface area contributed by atoms with Crippen molar-refractivity contribution in [2.45, 2.75) is 52.0 Å². The van der Waals surface area contributed by atoms with Crippen LogP contribution >= 0.6 is 0 Å². The Bertz CT molecular complexity index is 830. The molecule has 5 heteroatoms. The largest absolute Gasteiger partial charge is 0.368 e. The zero-order chi connectivity index (χ0) is 20.9. The van der Waals surface area contributed by atoms with Crippen LogP contribution in [0, 0.1) is 26.7 Å². The molecule has 2 aromatic rings. The van der Waals surface area contributed by atoms with Crippen LogP contribution in [0.1, 0.15) is 47.1 Å². The molecule has 0 spiro atoms. The molecule has 2 heterocycles. The van der Waals surface area contributed by atoms with E-state index in [1.807, 2.05) is 12.1 Å². The normalized spacial score (nSPS) is 17.1. The van der Waals surface area contributed by atoms with Crippen molar-refractivity contribution in [1.29, 1.82) is 0 Å². The maximum Gasteiger partial charge on any atom is 0.242 e. The molecule has 5 nitrogen and oxygen atoms in total. The van der Waals surface area contributed by atoms with E-state index >= 15 is 0 Å². The molecule has 1 fully saturated rings. The van der Waals surface area contributed by atoms with E-state index in [1.165, 1.54) is 24.0 Å². The highest BCUT2D eigenvalue weighted by molar-refractivity contribution is 5.87. The summed E-state index contributed by atoms with van der Waals surface area (Å²) in [5.41, 5.74) is 10.7. The van der Waals surface area contributed by atoms with Crippen LogP contribution in [-0.4, -0.2) is 30.5 Å². The molecule has 156 valence electrons. The number of amides is 1. The monoisotopic (exact) mass is 394 g/mol. The number of rotatable bonds is 8. The zero-order valence-electron chi connectivity index (χ0n) is 17.9. The average Bonchev–Trinajstić information content (AvgIpc) is 2.71. The lowest BCUT2D eigenvalue weighted by Crippen LogP contribution is -2.55. The van der Waals surface area contributed by atoms with Gasteiger partial charge in [0.2, 0.25) is 5.91 Å². The van der Waals surface area contributed by atoms with Crippen molar-refractivity contribution in [3.63, 3.8) is 0 Å². The lowest BCUT2D eigenvalue weighted by molar-refractivity contribution is -0.124. The fourth-order valence-corrected chi connectivity index (χ4v) is 4.45. The number of primary amides is 1. The predicted octanol–water partition coefficient (Wildman–Crippen LogP) is 2.91. The number of carbonyl (C=O) groups is 1. The number of hydrogen-bond donors (Lipinski definition) is 3. The minimum Gasteiger partial charge on any atom is -0.368 e. The number of aryl methyl sites for hydroxylation is 3. The molecule has 0 aliphatic carbocycles. The van der Waals surface area contributed by atoms with Gasteiger partial charge in [-0.05, 0) is 106 Å². The standard InChI is InChI=1S/C24H34N4O/c1-17-14-19(3)22(15-18(17)2)24(23(25)29,16-21-6-11-27-12-7-21)28-13-8-20-4-9-26-10-5-20/h6-7,11-12,14-15,20,26,28H,4-5,8-10,13,16H2,1-3H3,(H2,25,29). The van der Waals surface area contributed by atoms with Crippen molar-refractivity contribution >= 4 is 5.91 Å². The van der Waals surface area contributed by atoms with Crippen LogP contribution in [0.4, 0.5) is 0 Å². The maximum absolute atomic E-state index is 13.0. The number of piperidine rings is 1. The molecule has 0 bridgehead atoms. The van der Waals surface area contributed by atoms with Crippen molar-refractivity contribution in [3.8, 4) is 0 Å². The van der Waals surface area contributed by atoms with Gasteiger partial charge in [-0.25, -0.2) is 0 Å². The quantitative estimate of drug-likeness (QED) is 0.643. The van der Waals surface area contributed by atoms with Crippen LogP contribution in [-0.2, 0) is 16.8 Å². The second-order valence-corrected chi connectivity index (χ2v) is 8.46. The second-order valence-electron chi connectivity index (χ2n) is 8.46. The number of nitrogens with zero attached hydrogens (tertiary/aromatic N) is 1. The van der Waals surface area contributed by atoms with E-state index in [2.05, 4.69) is 48.5 Å². The van der Waals surface area contributed by atoms with Gasteiger partial charge in [-0.2, -0.15) is 0 Å². The molecule has 1 atom stereocenters. The van der Waals surface area contributed by atoms with Crippen molar-refractivity contribution in [2.24, 2.45) is 11.7 Å². The van der Waals surface area contributed by atoms with Crippen molar-refractivity contribution in [1.82, 2.24) is 15.6 Å². The molecule has 1 amide bonds. The number of aromatic nitrogens is 1. The summed E-state index contributed by atoms with van der Waals surface area (Å²) < 4.78 is 0. The van der Waals surface area contributed by atoms with Crippen LogP contribution in [0.3, 0.4) is 0 Å². The first kappa shape index (κ1) is 21.5. The summed E-state index contributed by atoms with van der Waals surface area (Å²) in [6, 6.07) is 8.21. The third-order valence-corrected chi connectivity index (χ3v) is 6.38. The minimum absolute atomic E-state index is 0.328. The Hall–Kier alpha value is -2.24. The molecule has 0 radical (unpaired) electrons. The Kier molecular flexibility index (Phi) is 7.04. The zero-order valence-corrected chi connectivity index (χ0v) is 17.9. The summed E-state index contributed by atoms with van der Waals surface area (Å²) >= 11 is 0. The molecule has 1 aliphatic heterocycles. The summed E-state index contributed by atoms with van der Waals surface area (Å²) in [5.74, 6) is 0.363. The summed E-state index contributed by atoms with van der Waals surface area (Å²) in [6.45, 7) is 9.19. The van der Waals surface area contributed by atoms with Crippen LogP contribution in [0.15, 0.2) is 36.7 Å². The molecule has 1 unspecified atom stereocenters. The van der Waals surface area contributed by atoms with Crippen LogP contribution in [0.2, 0.25) is 0 Å². The average molecular weight is 395 g/mol. The van der Waals surface area contributed by atoms with E-state index in [1.54, 1.807) is 12.4 Å². The van der Waals surface area contributed by atoms with Gasteiger partial charge in [0, 0.05) is 18.8 Å². The van der Waals surface area contributed by atoms with Gasteiger partial charge in [0.15, 0.2) is 0 Å². The molecule has 4 N–H and O–H groups in total. The van der Waals surface area contributed by atoms with Crippen molar-refractivity contribution in [2.75, 3.05) is 19.6 Å². The topological polar surface area (TPSA) is 80.0 Å². The molecule has 1 aromatic heterocycles. The smallest absolute Gasteiger partial charge is 0.242 e. The molecule has 29 heavy (non-hydrogen) atoms. The maximum atomic E-state index is 13.0. The molecule has 1 saturated heterocycles. The van der Waals surface area contributed by atoms with Crippen molar-refractivity contribution in [3.05, 3.63) is 64.5 Å². The fourth-order valence-electron chi connectivity index (χ4n) is 4.45. The Morgan fingerprint density at radius 3 is 2.45 bits per heavy atom. The van der Waals surface area contributed by atoms with E-state index in [0.717, 1.165) is 42.7 Å². The van der Waals surface area contributed by atoms with E-state index in [-0.39, 0.29) is 5.91 Å². The number of nitrogens with two attached hydrogens (primary N) is 1. The van der Waals surface area contributed by atoms with E-state index in [4.69, 9.17) is 5.73 Å². The highest BCUT2D eigenvalue weighted by atomic mass is 16.1. The number of pyridine rings is 1. The number of benzene rings is 1. The van der Waals surface area contributed by atoms with Gasteiger partial charge >= 0.3 is 0 Å². The van der Waals surface area contributed by atoms with Gasteiger partial charge in [-0.1, -0.05) is 12.1 Å².